The molecule has 2 aromatic rings. The highest BCUT2D eigenvalue weighted by molar-refractivity contribution is 6.33. The van der Waals surface area contributed by atoms with Gasteiger partial charge in [0.1, 0.15) is 5.82 Å². The van der Waals surface area contributed by atoms with Gasteiger partial charge in [-0.2, -0.15) is 0 Å². The minimum atomic E-state index is -0.569. The topological polar surface area (TPSA) is 65.1 Å². The van der Waals surface area contributed by atoms with E-state index in [-0.39, 0.29) is 28.4 Å². The lowest BCUT2D eigenvalue weighted by Gasteiger charge is -2.27. The molecule has 0 aromatic heterocycles. The van der Waals surface area contributed by atoms with Crippen LogP contribution in [0.4, 0.5) is 4.39 Å². The van der Waals surface area contributed by atoms with Gasteiger partial charge in [0.15, 0.2) is 0 Å². The average Bonchev–Trinajstić information content (AvgIpc) is 3.50. The van der Waals surface area contributed by atoms with Crippen LogP contribution < -0.4 is 5.32 Å². The molecule has 3 aliphatic heterocycles. The minimum absolute atomic E-state index is 0.0268. The Bertz CT molecular complexity index is 1080. The highest BCUT2D eigenvalue weighted by Gasteiger charge is 2.42. The first kappa shape index (κ1) is 27.1. The standard InChI is InChI=1S/C29H36ClFN4O3/c30-24-7-4-8-25(31)28(24)29(37)35-19-22-17-34(18-23(22)20-35)11-9-26(21-5-2-1-3-6-21)32-27(36)10-12-33-13-15-38-16-14-33/h1-8,22-23,26H,9-20H2,(H,32,36)/t22-,23?,26?/m0/s1. The monoisotopic (exact) mass is 542 g/mol. The average molecular weight is 543 g/mol. The Labute approximate surface area is 228 Å². The molecule has 0 radical (unpaired) electrons. The second-order valence-corrected chi connectivity index (χ2v) is 11.0. The predicted octanol–water partition coefficient (Wildman–Crippen LogP) is 3.45. The summed E-state index contributed by atoms with van der Waals surface area (Å²) in [7, 11) is 0. The van der Waals surface area contributed by atoms with Crippen molar-refractivity contribution in [1.82, 2.24) is 20.0 Å². The van der Waals surface area contributed by atoms with E-state index in [9.17, 15) is 14.0 Å². The van der Waals surface area contributed by atoms with Gasteiger partial charge in [-0.05, 0) is 36.0 Å². The van der Waals surface area contributed by atoms with Gasteiger partial charge in [0, 0.05) is 58.8 Å². The number of fused-ring (bicyclic) bond motifs is 1. The predicted molar refractivity (Wildman–Crippen MR) is 145 cm³/mol. The number of rotatable bonds is 9. The van der Waals surface area contributed by atoms with Crippen LogP contribution in [0, 0.1) is 17.7 Å². The zero-order valence-electron chi connectivity index (χ0n) is 21.7. The molecule has 9 heteroatoms. The largest absolute Gasteiger partial charge is 0.379 e. The van der Waals surface area contributed by atoms with Crippen molar-refractivity contribution in [1.29, 1.82) is 0 Å². The van der Waals surface area contributed by atoms with Gasteiger partial charge in [0.05, 0.1) is 29.8 Å². The number of halogens is 2. The van der Waals surface area contributed by atoms with E-state index in [1.807, 2.05) is 18.2 Å². The van der Waals surface area contributed by atoms with Crippen LogP contribution in [0.1, 0.15) is 34.8 Å². The summed E-state index contributed by atoms with van der Waals surface area (Å²) in [6.45, 7) is 7.85. The van der Waals surface area contributed by atoms with E-state index in [0.29, 0.717) is 31.3 Å². The Kier molecular flexibility index (Phi) is 8.94. The van der Waals surface area contributed by atoms with Crippen LogP contribution in [-0.4, -0.2) is 92.1 Å². The number of hydrogen-bond donors (Lipinski definition) is 1. The lowest BCUT2D eigenvalue weighted by Crippen LogP contribution is -2.39. The summed E-state index contributed by atoms with van der Waals surface area (Å²) < 4.78 is 19.7. The molecule has 0 saturated carbocycles. The molecule has 2 aromatic carbocycles. The van der Waals surface area contributed by atoms with Crippen molar-refractivity contribution in [2.45, 2.75) is 18.9 Å². The SMILES string of the molecule is O=C(CCN1CCOCC1)NC(CCN1CC2CN(C(=O)c3c(F)cccc3Cl)C[C@@H]2C1)c1ccccc1. The Morgan fingerprint density at radius 1 is 0.947 bits per heavy atom. The van der Waals surface area contributed by atoms with Crippen molar-refractivity contribution in [3.63, 3.8) is 0 Å². The number of hydrogen-bond acceptors (Lipinski definition) is 5. The van der Waals surface area contributed by atoms with Crippen molar-refractivity contribution in [3.8, 4) is 0 Å². The number of morpholine rings is 1. The van der Waals surface area contributed by atoms with Gasteiger partial charge < -0.3 is 19.9 Å². The Morgan fingerprint density at radius 3 is 2.34 bits per heavy atom. The summed E-state index contributed by atoms with van der Waals surface area (Å²) in [5, 5.41) is 3.43. The maximum atomic E-state index is 14.3. The highest BCUT2D eigenvalue weighted by atomic mass is 35.5. The summed E-state index contributed by atoms with van der Waals surface area (Å²) in [4.78, 5) is 32.3. The minimum Gasteiger partial charge on any atom is -0.379 e. The van der Waals surface area contributed by atoms with E-state index in [0.717, 1.165) is 64.5 Å². The molecule has 3 aliphatic rings. The quantitative estimate of drug-likeness (QED) is 0.526. The maximum Gasteiger partial charge on any atom is 0.258 e. The molecule has 3 saturated heterocycles. The zero-order chi connectivity index (χ0) is 26.5. The van der Waals surface area contributed by atoms with Crippen molar-refractivity contribution < 1.29 is 18.7 Å². The number of nitrogens with zero attached hydrogens (tertiary/aromatic N) is 3. The molecule has 3 fully saturated rings. The molecule has 3 atom stereocenters. The molecule has 7 nitrogen and oxygen atoms in total. The molecule has 2 amide bonds. The van der Waals surface area contributed by atoms with Crippen LogP contribution in [0.15, 0.2) is 48.5 Å². The van der Waals surface area contributed by atoms with Crippen molar-refractivity contribution in [2.75, 3.05) is 65.6 Å². The number of ether oxygens (including phenoxy) is 1. The Morgan fingerprint density at radius 2 is 1.66 bits per heavy atom. The molecule has 3 heterocycles. The number of benzene rings is 2. The van der Waals surface area contributed by atoms with Gasteiger partial charge in [-0.1, -0.05) is 48.0 Å². The number of carbonyl (C=O) groups is 2. The van der Waals surface area contributed by atoms with Gasteiger partial charge in [0.25, 0.3) is 5.91 Å². The summed E-state index contributed by atoms with van der Waals surface area (Å²) in [5.41, 5.74) is 1.09. The van der Waals surface area contributed by atoms with Gasteiger partial charge in [-0.3, -0.25) is 14.5 Å². The summed E-state index contributed by atoms with van der Waals surface area (Å²) >= 11 is 6.13. The molecule has 0 bridgehead atoms. The van der Waals surface area contributed by atoms with Crippen molar-refractivity contribution >= 4 is 23.4 Å². The first-order valence-electron chi connectivity index (χ1n) is 13.6. The Balaban J connectivity index is 1.13. The van der Waals surface area contributed by atoms with E-state index in [4.69, 9.17) is 16.3 Å². The number of amides is 2. The molecule has 204 valence electrons. The molecule has 5 rings (SSSR count). The highest BCUT2D eigenvalue weighted by Crippen LogP contribution is 2.33. The molecule has 0 spiro atoms. The third kappa shape index (κ3) is 6.54. The van der Waals surface area contributed by atoms with Gasteiger partial charge in [0.2, 0.25) is 5.91 Å². The molecule has 2 unspecified atom stereocenters. The fraction of sp³-hybridized carbons (Fsp3) is 0.517. The normalized spacial score (nSPS) is 22.8. The van der Waals surface area contributed by atoms with E-state index >= 15 is 0 Å². The molecule has 0 aliphatic carbocycles. The van der Waals surface area contributed by atoms with Crippen molar-refractivity contribution in [3.05, 3.63) is 70.5 Å². The summed E-state index contributed by atoms with van der Waals surface area (Å²) in [5.74, 6) is -0.0895. The number of likely N-dealkylation sites (tertiary alicyclic amines) is 2. The smallest absolute Gasteiger partial charge is 0.258 e. The van der Waals surface area contributed by atoms with Crippen LogP contribution in [-0.2, 0) is 9.53 Å². The fourth-order valence-electron chi connectivity index (χ4n) is 5.97. The number of carbonyl (C=O) groups excluding carboxylic acids is 2. The molecule has 1 N–H and O–H groups in total. The second kappa shape index (κ2) is 12.6. The molecule has 38 heavy (non-hydrogen) atoms. The molecular weight excluding hydrogens is 507 g/mol. The van der Waals surface area contributed by atoms with Crippen LogP contribution in [0.3, 0.4) is 0 Å². The van der Waals surface area contributed by atoms with Crippen LogP contribution in [0.2, 0.25) is 5.02 Å². The lowest BCUT2D eigenvalue weighted by atomic mass is 10.0. The fourth-order valence-corrected chi connectivity index (χ4v) is 6.21. The zero-order valence-corrected chi connectivity index (χ0v) is 22.4. The molecular formula is C29H36ClFN4O3. The van der Waals surface area contributed by atoms with E-state index in [2.05, 4.69) is 27.2 Å². The first-order valence-corrected chi connectivity index (χ1v) is 14.0. The van der Waals surface area contributed by atoms with Gasteiger partial charge >= 0.3 is 0 Å². The third-order valence-corrected chi connectivity index (χ3v) is 8.37. The Hall–Kier alpha value is -2.52. The number of nitrogens with one attached hydrogen (secondary N) is 1. The second-order valence-electron chi connectivity index (χ2n) is 10.6. The van der Waals surface area contributed by atoms with Crippen LogP contribution in [0.25, 0.3) is 0 Å². The van der Waals surface area contributed by atoms with Crippen LogP contribution in [0.5, 0.6) is 0 Å². The summed E-state index contributed by atoms with van der Waals surface area (Å²) in [6, 6.07) is 14.5. The first-order chi connectivity index (χ1) is 18.5. The third-order valence-electron chi connectivity index (χ3n) is 8.06. The van der Waals surface area contributed by atoms with Gasteiger partial charge in [-0.25, -0.2) is 4.39 Å². The van der Waals surface area contributed by atoms with Gasteiger partial charge in [-0.15, -0.1) is 0 Å². The summed E-state index contributed by atoms with van der Waals surface area (Å²) in [6.07, 6.45) is 1.30. The maximum absolute atomic E-state index is 14.3. The van der Waals surface area contributed by atoms with E-state index in [1.54, 1.807) is 11.0 Å². The van der Waals surface area contributed by atoms with E-state index < -0.39 is 5.82 Å². The van der Waals surface area contributed by atoms with E-state index in [1.165, 1.54) is 12.1 Å². The van der Waals surface area contributed by atoms with Crippen molar-refractivity contribution in [2.24, 2.45) is 11.8 Å². The lowest BCUT2D eigenvalue weighted by molar-refractivity contribution is -0.122. The van der Waals surface area contributed by atoms with Crippen LogP contribution >= 0.6 is 11.6 Å².